The lowest BCUT2D eigenvalue weighted by atomic mass is 9.80. The zero-order valence-corrected chi connectivity index (χ0v) is 12.4. The summed E-state index contributed by atoms with van der Waals surface area (Å²) < 4.78 is 1.87. The van der Waals surface area contributed by atoms with Crippen molar-refractivity contribution in [3.8, 4) is 0 Å². The van der Waals surface area contributed by atoms with Crippen LogP contribution in [0.4, 0.5) is 11.8 Å². The third kappa shape index (κ3) is 2.80. The average Bonchev–Trinajstić information content (AvgIpc) is 2.92. The number of nitrogen functional groups attached to an aromatic ring is 1. The molecule has 8 nitrogen and oxygen atoms in total. The molecule has 0 radical (unpaired) electrons. The van der Waals surface area contributed by atoms with E-state index in [4.69, 9.17) is 5.73 Å². The summed E-state index contributed by atoms with van der Waals surface area (Å²) >= 11 is 0. The minimum atomic E-state index is -0.224. The van der Waals surface area contributed by atoms with Crippen LogP contribution in [0.3, 0.4) is 0 Å². The monoisotopic (exact) mass is 311 g/mol. The van der Waals surface area contributed by atoms with E-state index < -0.39 is 0 Å². The molecule has 0 unspecified atom stereocenters. The molecule has 1 fully saturated rings. The van der Waals surface area contributed by atoms with Gasteiger partial charge in [0.15, 0.2) is 0 Å². The molecule has 1 saturated carbocycles. The van der Waals surface area contributed by atoms with Crippen LogP contribution in [0, 0.1) is 0 Å². The van der Waals surface area contributed by atoms with E-state index in [2.05, 4.69) is 25.3 Å². The molecule has 4 N–H and O–H groups in total. The first-order valence-electron chi connectivity index (χ1n) is 7.52. The van der Waals surface area contributed by atoms with Crippen molar-refractivity contribution in [1.29, 1.82) is 0 Å². The van der Waals surface area contributed by atoms with Gasteiger partial charge in [0, 0.05) is 30.6 Å². The van der Waals surface area contributed by atoms with Gasteiger partial charge in [-0.15, -0.1) is 0 Å². The van der Waals surface area contributed by atoms with Gasteiger partial charge in [-0.3, -0.25) is 4.40 Å². The van der Waals surface area contributed by atoms with Crippen LogP contribution in [-0.2, 0) is 6.54 Å². The van der Waals surface area contributed by atoms with Crippen molar-refractivity contribution in [3.05, 3.63) is 42.1 Å². The zero-order chi connectivity index (χ0) is 15.8. The smallest absolute Gasteiger partial charge is 0.233 e. The van der Waals surface area contributed by atoms with Gasteiger partial charge in [0.1, 0.15) is 5.82 Å². The number of hydrogen-bond acceptors (Lipinski definition) is 7. The number of aromatic nitrogens is 5. The standard InChI is InChI=1S/C15H17N7O/c16-14-20-12(9-4-11(23)5-9)6-13(21-14)18-7-10-8-22-3-1-2-17-15(22)19-10/h1-3,6,8-9,11,23H,4-5,7H2,(H3,16,18,20,21). The maximum Gasteiger partial charge on any atom is 0.233 e. The number of anilines is 2. The normalized spacial score (nSPS) is 20.4. The summed E-state index contributed by atoms with van der Waals surface area (Å²) in [7, 11) is 0. The SMILES string of the molecule is Nc1nc(NCc2cn3cccnc3n2)cc(C2CC(O)C2)n1. The highest BCUT2D eigenvalue weighted by molar-refractivity contribution is 5.42. The number of aliphatic hydroxyl groups is 1. The molecule has 0 spiro atoms. The van der Waals surface area contributed by atoms with Gasteiger partial charge in [0.2, 0.25) is 11.7 Å². The van der Waals surface area contributed by atoms with Gasteiger partial charge in [0.25, 0.3) is 0 Å². The summed E-state index contributed by atoms with van der Waals surface area (Å²) in [5.41, 5.74) is 7.53. The first-order chi connectivity index (χ1) is 11.2. The molecule has 0 atom stereocenters. The van der Waals surface area contributed by atoms with E-state index in [0.717, 1.165) is 24.2 Å². The van der Waals surface area contributed by atoms with Crippen LogP contribution in [0.25, 0.3) is 5.78 Å². The largest absolute Gasteiger partial charge is 0.393 e. The number of aliphatic hydroxyl groups excluding tert-OH is 1. The molecule has 3 aromatic rings. The van der Waals surface area contributed by atoms with Crippen LogP contribution in [0.2, 0.25) is 0 Å². The highest BCUT2D eigenvalue weighted by Crippen LogP contribution is 2.36. The van der Waals surface area contributed by atoms with E-state index in [-0.39, 0.29) is 18.0 Å². The molecular weight excluding hydrogens is 294 g/mol. The van der Waals surface area contributed by atoms with E-state index in [1.165, 1.54) is 0 Å². The highest BCUT2D eigenvalue weighted by atomic mass is 16.3. The molecule has 0 aromatic carbocycles. The van der Waals surface area contributed by atoms with Crippen molar-refractivity contribution >= 4 is 17.5 Å². The Labute approximate surface area is 132 Å². The second-order valence-corrected chi connectivity index (χ2v) is 5.77. The molecule has 0 saturated heterocycles. The van der Waals surface area contributed by atoms with Crippen LogP contribution in [0.5, 0.6) is 0 Å². The van der Waals surface area contributed by atoms with E-state index >= 15 is 0 Å². The molecule has 0 bridgehead atoms. The van der Waals surface area contributed by atoms with Crippen molar-refractivity contribution in [2.45, 2.75) is 31.4 Å². The van der Waals surface area contributed by atoms with Gasteiger partial charge >= 0.3 is 0 Å². The van der Waals surface area contributed by atoms with Crippen molar-refractivity contribution < 1.29 is 5.11 Å². The number of hydrogen-bond donors (Lipinski definition) is 3. The lowest BCUT2D eigenvalue weighted by molar-refractivity contribution is 0.0732. The van der Waals surface area contributed by atoms with E-state index in [9.17, 15) is 5.11 Å². The van der Waals surface area contributed by atoms with Crippen molar-refractivity contribution in [2.75, 3.05) is 11.1 Å². The molecule has 0 aliphatic heterocycles. The van der Waals surface area contributed by atoms with Crippen LogP contribution < -0.4 is 11.1 Å². The topological polar surface area (TPSA) is 114 Å². The summed E-state index contributed by atoms with van der Waals surface area (Å²) in [5, 5.41) is 12.7. The van der Waals surface area contributed by atoms with Gasteiger partial charge in [-0.1, -0.05) is 0 Å². The number of nitrogens with one attached hydrogen (secondary N) is 1. The first kappa shape index (κ1) is 13.9. The molecule has 23 heavy (non-hydrogen) atoms. The van der Waals surface area contributed by atoms with Gasteiger partial charge in [-0.05, 0) is 18.9 Å². The Balaban J connectivity index is 1.49. The molecule has 1 aliphatic rings. The van der Waals surface area contributed by atoms with Crippen LogP contribution in [0.1, 0.15) is 30.1 Å². The van der Waals surface area contributed by atoms with Gasteiger partial charge in [-0.2, -0.15) is 4.98 Å². The predicted octanol–water partition coefficient (Wildman–Crippen LogP) is 0.952. The molecular formula is C15H17N7O. The Hall–Kier alpha value is -2.74. The third-order valence-electron chi connectivity index (χ3n) is 4.03. The van der Waals surface area contributed by atoms with Crippen molar-refractivity contribution in [3.63, 3.8) is 0 Å². The van der Waals surface area contributed by atoms with E-state index in [0.29, 0.717) is 18.1 Å². The number of fused-ring (bicyclic) bond motifs is 1. The fourth-order valence-electron chi connectivity index (χ4n) is 2.76. The van der Waals surface area contributed by atoms with Crippen molar-refractivity contribution in [1.82, 2.24) is 24.3 Å². The molecule has 3 aromatic heterocycles. The summed E-state index contributed by atoms with van der Waals surface area (Å²) in [5.74, 6) is 1.83. The molecule has 4 rings (SSSR count). The molecule has 8 heteroatoms. The Bertz CT molecular complexity index is 808. The maximum atomic E-state index is 9.43. The van der Waals surface area contributed by atoms with Crippen LogP contribution in [0.15, 0.2) is 30.7 Å². The zero-order valence-electron chi connectivity index (χ0n) is 12.4. The third-order valence-corrected chi connectivity index (χ3v) is 4.03. The quantitative estimate of drug-likeness (QED) is 0.657. The number of nitrogens with two attached hydrogens (primary N) is 1. The number of imidazole rings is 1. The summed E-state index contributed by atoms with van der Waals surface area (Å²) in [6.45, 7) is 0.520. The Kier molecular flexibility index (Phi) is 3.30. The molecule has 3 heterocycles. The second kappa shape index (κ2) is 5.47. The average molecular weight is 311 g/mol. The lowest BCUT2D eigenvalue weighted by Gasteiger charge is -2.30. The predicted molar refractivity (Wildman–Crippen MR) is 84.7 cm³/mol. The Morgan fingerprint density at radius 2 is 2.17 bits per heavy atom. The minimum absolute atomic E-state index is 0.224. The van der Waals surface area contributed by atoms with E-state index in [1.54, 1.807) is 6.20 Å². The molecule has 0 amide bonds. The fourth-order valence-corrected chi connectivity index (χ4v) is 2.76. The molecule has 118 valence electrons. The van der Waals surface area contributed by atoms with Crippen LogP contribution >= 0.6 is 0 Å². The second-order valence-electron chi connectivity index (χ2n) is 5.77. The highest BCUT2D eigenvalue weighted by Gasteiger charge is 2.30. The number of nitrogens with zero attached hydrogens (tertiary/aromatic N) is 5. The van der Waals surface area contributed by atoms with Gasteiger partial charge < -0.3 is 16.2 Å². The Morgan fingerprint density at radius 1 is 1.30 bits per heavy atom. The first-order valence-corrected chi connectivity index (χ1v) is 7.52. The maximum absolute atomic E-state index is 9.43. The Morgan fingerprint density at radius 3 is 2.96 bits per heavy atom. The van der Waals surface area contributed by atoms with Crippen LogP contribution in [-0.4, -0.2) is 35.5 Å². The summed E-state index contributed by atoms with van der Waals surface area (Å²) in [6, 6.07) is 3.75. The van der Waals surface area contributed by atoms with Gasteiger partial charge in [0.05, 0.1) is 24.0 Å². The summed E-state index contributed by atoms with van der Waals surface area (Å²) in [4.78, 5) is 17.1. The molecule has 1 aliphatic carbocycles. The lowest BCUT2D eigenvalue weighted by Crippen LogP contribution is -2.27. The summed E-state index contributed by atoms with van der Waals surface area (Å²) in [6.07, 6.45) is 6.77. The van der Waals surface area contributed by atoms with E-state index in [1.807, 2.05) is 28.9 Å². The number of rotatable bonds is 4. The van der Waals surface area contributed by atoms with Crippen molar-refractivity contribution in [2.24, 2.45) is 0 Å². The fraction of sp³-hybridized carbons (Fsp3) is 0.333. The van der Waals surface area contributed by atoms with Gasteiger partial charge in [-0.25, -0.2) is 15.0 Å². The minimum Gasteiger partial charge on any atom is -0.393 e.